The SMILES string of the molecule is CCCC[C@H](N)c1nnc(C)n1-c1ccccc1. The molecule has 0 saturated carbocycles. The standard InChI is InChI=1S/C14H20N4/c1-3-4-10-13(15)14-17-16-11(2)18(14)12-8-6-5-7-9-12/h5-9,13H,3-4,10,15H2,1-2H3/t13-/m0/s1. The van der Waals surface area contributed by atoms with Crippen LogP contribution in [0.4, 0.5) is 0 Å². The second-order valence-electron chi connectivity index (χ2n) is 4.53. The number of rotatable bonds is 5. The van der Waals surface area contributed by atoms with Crippen molar-refractivity contribution in [2.45, 2.75) is 39.2 Å². The van der Waals surface area contributed by atoms with E-state index in [4.69, 9.17) is 5.73 Å². The van der Waals surface area contributed by atoms with Gasteiger partial charge in [-0.1, -0.05) is 38.0 Å². The average molecular weight is 244 g/mol. The van der Waals surface area contributed by atoms with Crippen LogP contribution in [-0.2, 0) is 0 Å². The van der Waals surface area contributed by atoms with E-state index in [1.165, 1.54) is 0 Å². The van der Waals surface area contributed by atoms with Crippen molar-refractivity contribution in [3.63, 3.8) is 0 Å². The van der Waals surface area contributed by atoms with Crippen LogP contribution < -0.4 is 5.73 Å². The van der Waals surface area contributed by atoms with Gasteiger partial charge in [0.2, 0.25) is 0 Å². The number of hydrogen-bond donors (Lipinski definition) is 1. The second-order valence-corrected chi connectivity index (χ2v) is 4.53. The smallest absolute Gasteiger partial charge is 0.154 e. The van der Waals surface area contributed by atoms with Crippen molar-refractivity contribution in [2.24, 2.45) is 5.73 Å². The molecule has 2 aromatic rings. The number of para-hydroxylation sites is 1. The van der Waals surface area contributed by atoms with Gasteiger partial charge in [-0.05, 0) is 25.5 Å². The van der Waals surface area contributed by atoms with E-state index < -0.39 is 0 Å². The van der Waals surface area contributed by atoms with E-state index >= 15 is 0 Å². The lowest BCUT2D eigenvalue weighted by molar-refractivity contribution is 0.565. The van der Waals surface area contributed by atoms with Crippen LogP contribution in [0.2, 0.25) is 0 Å². The second kappa shape index (κ2) is 5.78. The molecule has 0 aliphatic rings. The van der Waals surface area contributed by atoms with Crippen LogP contribution in [0.1, 0.15) is 43.9 Å². The highest BCUT2D eigenvalue weighted by Crippen LogP contribution is 2.20. The predicted molar refractivity (Wildman–Crippen MR) is 72.5 cm³/mol. The summed E-state index contributed by atoms with van der Waals surface area (Å²) in [4.78, 5) is 0. The Bertz CT molecular complexity index is 490. The molecule has 2 rings (SSSR count). The van der Waals surface area contributed by atoms with Crippen molar-refractivity contribution in [3.8, 4) is 5.69 Å². The van der Waals surface area contributed by atoms with E-state index in [2.05, 4.69) is 17.1 Å². The number of aryl methyl sites for hydroxylation is 1. The van der Waals surface area contributed by atoms with Gasteiger partial charge in [-0.15, -0.1) is 10.2 Å². The summed E-state index contributed by atoms with van der Waals surface area (Å²) >= 11 is 0. The number of hydrogen-bond acceptors (Lipinski definition) is 3. The summed E-state index contributed by atoms with van der Waals surface area (Å²) in [7, 11) is 0. The minimum Gasteiger partial charge on any atom is -0.321 e. The van der Waals surface area contributed by atoms with Gasteiger partial charge in [-0.2, -0.15) is 0 Å². The van der Waals surface area contributed by atoms with Gasteiger partial charge in [-0.25, -0.2) is 0 Å². The zero-order chi connectivity index (χ0) is 13.0. The third kappa shape index (κ3) is 2.59. The largest absolute Gasteiger partial charge is 0.321 e. The molecule has 96 valence electrons. The van der Waals surface area contributed by atoms with Gasteiger partial charge in [0, 0.05) is 5.69 Å². The molecule has 0 spiro atoms. The molecule has 0 bridgehead atoms. The molecule has 1 atom stereocenters. The van der Waals surface area contributed by atoms with Gasteiger partial charge >= 0.3 is 0 Å². The molecule has 4 nitrogen and oxygen atoms in total. The predicted octanol–water partition coefficient (Wildman–Crippen LogP) is 2.77. The van der Waals surface area contributed by atoms with Crippen molar-refractivity contribution >= 4 is 0 Å². The molecule has 0 radical (unpaired) electrons. The van der Waals surface area contributed by atoms with Crippen LogP contribution in [0.15, 0.2) is 30.3 Å². The molecule has 0 aliphatic carbocycles. The van der Waals surface area contributed by atoms with Crippen LogP contribution in [0.3, 0.4) is 0 Å². The summed E-state index contributed by atoms with van der Waals surface area (Å²) in [6.45, 7) is 4.12. The molecule has 0 saturated heterocycles. The Kier molecular flexibility index (Phi) is 4.10. The Hall–Kier alpha value is -1.68. The van der Waals surface area contributed by atoms with Crippen molar-refractivity contribution in [3.05, 3.63) is 42.0 Å². The zero-order valence-corrected chi connectivity index (χ0v) is 11.0. The van der Waals surface area contributed by atoms with Crippen LogP contribution in [0.25, 0.3) is 5.69 Å². The van der Waals surface area contributed by atoms with Gasteiger partial charge in [-0.3, -0.25) is 4.57 Å². The summed E-state index contributed by atoms with van der Waals surface area (Å²) in [5.74, 6) is 1.73. The topological polar surface area (TPSA) is 56.7 Å². The lowest BCUT2D eigenvalue weighted by Crippen LogP contribution is -2.16. The van der Waals surface area contributed by atoms with Crippen molar-refractivity contribution in [1.82, 2.24) is 14.8 Å². The third-order valence-corrected chi connectivity index (χ3v) is 3.06. The first-order chi connectivity index (χ1) is 8.74. The minimum absolute atomic E-state index is 0.0497. The Balaban J connectivity index is 2.33. The first-order valence-electron chi connectivity index (χ1n) is 6.47. The Morgan fingerprint density at radius 1 is 1.22 bits per heavy atom. The minimum atomic E-state index is -0.0497. The maximum absolute atomic E-state index is 6.21. The molecule has 1 aromatic carbocycles. The lowest BCUT2D eigenvalue weighted by atomic mass is 10.1. The number of aromatic nitrogens is 3. The van der Waals surface area contributed by atoms with Crippen LogP contribution in [-0.4, -0.2) is 14.8 Å². The summed E-state index contributed by atoms with van der Waals surface area (Å²) in [6, 6.07) is 10.1. The molecule has 1 aromatic heterocycles. The first kappa shape index (κ1) is 12.8. The molecule has 0 amide bonds. The normalized spacial score (nSPS) is 12.6. The molecule has 4 heteroatoms. The van der Waals surface area contributed by atoms with E-state index in [0.29, 0.717) is 0 Å². The molecular formula is C14H20N4. The summed E-state index contributed by atoms with van der Waals surface area (Å²) < 4.78 is 2.04. The van der Waals surface area contributed by atoms with E-state index in [1.54, 1.807) is 0 Å². The molecule has 0 fully saturated rings. The Labute approximate surface area is 108 Å². The quantitative estimate of drug-likeness (QED) is 0.879. The number of nitrogens with zero attached hydrogens (tertiary/aromatic N) is 3. The summed E-state index contributed by atoms with van der Waals surface area (Å²) in [5, 5.41) is 8.39. The maximum atomic E-state index is 6.21. The van der Waals surface area contributed by atoms with Gasteiger partial charge in [0.05, 0.1) is 6.04 Å². The molecule has 18 heavy (non-hydrogen) atoms. The van der Waals surface area contributed by atoms with Crippen LogP contribution in [0.5, 0.6) is 0 Å². The maximum Gasteiger partial charge on any atom is 0.154 e. The number of nitrogens with two attached hydrogens (primary N) is 1. The highest BCUT2D eigenvalue weighted by molar-refractivity contribution is 5.34. The molecule has 0 aliphatic heterocycles. The number of unbranched alkanes of at least 4 members (excludes halogenated alkanes) is 1. The van der Waals surface area contributed by atoms with Crippen LogP contribution >= 0.6 is 0 Å². The van der Waals surface area contributed by atoms with E-state index in [0.717, 1.165) is 36.6 Å². The summed E-state index contributed by atoms with van der Waals surface area (Å²) in [6.07, 6.45) is 3.20. The highest BCUT2D eigenvalue weighted by atomic mass is 15.3. The zero-order valence-electron chi connectivity index (χ0n) is 11.0. The molecular weight excluding hydrogens is 224 g/mol. The molecule has 1 heterocycles. The van der Waals surface area contributed by atoms with Gasteiger partial charge < -0.3 is 5.73 Å². The fraction of sp³-hybridized carbons (Fsp3) is 0.429. The lowest BCUT2D eigenvalue weighted by Gasteiger charge is -2.13. The van der Waals surface area contributed by atoms with Gasteiger partial charge in [0.25, 0.3) is 0 Å². The fourth-order valence-corrected chi connectivity index (χ4v) is 2.07. The fourth-order valence-electron chi connectivity index (χ4n) is 2.07. The van der Waals surface area contributed by atoms with Crippen molar-refractivity contribution < 1.29 is 0 Å². The van der Waals surface area contributed by atoms with Gasteiger partial charge in [0.15, 0.2) is 5.82 Å². The van der Waals surface area contributed by atoms with E-state index in [-0.39, 0.29) is 6.04 Å². The third-order valence-electron chi connectivity index (χ3n) is 3.06. The van der Waals surface area contributed by atoms with Crippen LogP contribution in [0, 0.1) is 6.92 Å². The van der Waals surface area contributed by atoms with E-state index in [1.807, 2.05) is 41.8 Å². The summed E-state index contributed by atoms with van der Waals surface area (Å²) in [5.41, 5.74) is 7.28. The number of benzene rings is 1. The monoisotopic (exact) mass is 244 g/mol. The highest BCUT2D eigenvalue weighted by Gasteiger charge is 2.16. The van der Waals surface area contributed by atoms with Crippen molar-refractivity contribution in [2.75, 3.05) is 0 Å². The van der Waals surface area contributed by atoms with E-state index in [9.17, 15) is 0 Å². The van der Waals surface area contributed by atoms with Gasteiger partial charge in [0.1, 0.15) is 5.82 Å². The molecule has 0 unspecified atom stereocenters. The first-order valence-corrected chi connectivity index (χ1v) is 6.47. The molecule has 2 N–H and O–H groups in total. The average Bonchev–Trinajstić information content (AvgIpc) is 2.79. The Morgan fingerprint density at radius 2 is 1.94 bits per heavy atom. The van der Waals surface area contributed by atoms with Crippen molar-refractivity contribution in [1.29, 1.82) is 0 Å². The Morgan fingerprint density at radius 3 is 2.61 bits per heavy atom.